The third-order valence-corrected chi connectivity index (χ3v) is 5.30. The SMILES string of the molecule is [B]c1ccc(N=Nc2cc3sc(N=Nc4ccc([B])cc4)nc3s2)cc1. The summed E-state index contributed by atoms with van der Waals surface area (Å²) in [7, 11) is 11.3. The monoisotopic (exact) mass is 369 g/mol. The zero-order valence-electron chi connectivity index (χ0n) is 13.4. The molecule has 0 N–H and O–H groups in total. The van der Waals surface area contributed by atoms with Crippen LogP contribution >= 0.6 is 22.7 Å². The van der Waals surface area contributed by atoms with Crippen LogP contribution in [0.1, 0.15) is 0 Å². The van der Waals surface area contributed by atoms with Crippen molar-refractivity contribution in [2.24, 2.45) is 20.5 Å². The molecule has 0 amide bonds. The molecule has 0 saturated heterocycles. The van der Waals surface area contributed by atoms with Gasteiger partial charge < -0.3 is 0 Å². The fourth-order valence-corrected chi connectivity index (χ4v) is 3.94. The fourth-order valence-electron chi connectivity index (χ4n) is 2.09. The Morgan fingerprint density at radius 3 is 1.85 bits per heavy atom. The van der Waals surface area contributed by atoms with Crippen molar-refractivity contribution >= 4 is 80.3 Å². The van der Waals surface area contributed by atoms with Gasteiger partial charge in [0.15, 0.2) is 0 Å². The maximum Gasteiger partial charge on any atom is 0.231 e. The lowest BCUT2D eigenvalue weighted by Crippen LogP contribution is -1.97. The molecule has 4 radical (unpaired) electrons. The summed E-state index contributed by atoms with van der Waals surface area (Å²) in [5, 5.41) is 18.2. The van der Waals surface area contributed by atoms with E-state index < -0.39 is 0 Å². The van der Waals surface area contributed by atoms with Gasteiger partial charge in [-0.1, -0.05) is 57.9 Å². The predicted octanol–water partition coefficient (Wildman–Crippen LogP) is 4.78. The van der Waals surface area contributed by atoms with E-state index in [-0.39, 0.29) is 0 Å². The second kappa shape index (κ2) is 7.31. The van der Waals surface area contributed by atoms with Crippen LogP contribution in [0.25, 0.3) is 9.53 Å². The Kier molecular flexibility index (Phi) is 4.73. The average Bonchev–Trinajstić information content (AvgIpc) is 3.19. The summed E-state index contributed by atoms with van der Waals surface area (Å²) in [5.41, 5.74) is 2.88. The van der Waals surface area contributed by atoms with Gasteiger partial charge >= 0.3 is 0 Å². The normalized spacial score (nSPS) is 11.8. The van der Waals surface area contributed by atoms with Crippen molar-refractivity contribution in [3.63, 3.8) is 0 Å². The summed E-state index contributed by atoms with van der Waals surface area (Å²) in [6.07, 6.45) is 0. The lowest BCUT2D eigenvalue weighted by molar-refractivity contribution is 1.21. The third-order valence-electron chi connectivity index (χ3n) is 3.37. The molecule has 5 nitrogen and oxygen atoms in total. The van der Waals surface area contributed by atoms with E-state index in [0.29, 0.717) is 16.1 Å². The van der Waals surface area contributed by atoms with Crippen molar-refractivity contribution in [2.75, 3.05) is 0 Å². The molecule has 9 heteroatoms. The van der Waals surface area contributed by atoms with Crippen molar-refractivity contribution in [3.05, 3.63) is 54.6 Å². The number of hydrogen-bond donors (Lipinski definition) is 0. The van der Waals surface area contributed by atoms with E-state index >= 15 is 0 Å². The summed E-state index contributed by atoms with van der Waals surface area (Å²) in [6, 6.07) is 16.4. The van der Waals surface area contributed by atoms with Gasteiger partial charge in [-0.15, -0.1) is 20.5 Å². The highest BCUT2D eigenvalue weighted by Gasteiger charge is 2.08. The number of nitrogens with zero attached hydrogens (tertiary/aromatic N) is 5. The molecule has 4 rings (SSSR count). The van der Waals surface area contributed by atoms with Crippen LogP contribution in [0.2, 0.25) is 0 Å². The summed E-state index contributed by atoms with van der Waals surface area (Å²) in [6.45, 7) is 0. The van der Waals surface area contributed by atoms with Gasteiger partial charge in [-0.25, -0.2) is 4.98 Å². The quantitative estimate of drug-likeness (QED) is 0.377. The molecule has 0 unspecified atom stereocenters. The fraction of sp³-hybridized carbons (Fsp3) is 0. The van der Waals surface area contributed by atoms with Gasteiger partial charge in [-0.2, -0.15) is 0 Å². The van der Waals surface area contributed by atoms with Crippen molar-refractivity contribution in [2.45, 2.75) is 0 Å². The van der Waals surface area contributed by atoms with Gasteiger partial charge in [-0.3, -0.25) is 0 Å². The largest absolute Gasteiger partial charge is 0.231 e. The van der Waals surface area contributed by atoms with E-state index in [1.54, 1.807) is 24.3 Å². The van der Waals surface area contributed by atoms with E-state index in [1.165, 1.54) is 22.7 Å². The van der Waals surface area contributed by atoms with Crippen molar-refractivity contribution in [1.29, 1.82) is 0 Å². The van der Waals surface area contributed by atoms with E-state index in [9.17, 15) is 0 Å². The molecular weight excluding hydrogens is 360 g/mol. The molecule has 0 atom stereocenters. The Morgan fingerprint density at radius 2 is 1.27 bits per heavy atom. The van der Waals surface area contributed by atoms with Crippen LogP contribution in [0.4, 0.5) is 21.5 Å². The highest BCUT2D eigenvalue weighted by atomic mass is 32.1. The zero-order chi connectivity index (χ0) is 17.9. The molecule has 2 aromatic carbocycles. The lowest BCUT2D eigenvalue weighted by atomic mass is 9.96. The molecule has 2 aromatic heterocycles. The van der Waals surface area contributed by atoms with Gasteiger partial charge in [0.1, 0.15) is 25.5 Å². The minimum atomic E-state index is 0.602. The highest BCUT2D eigenvalue weighted by Crippen LogP contribution is 2.39. The molecule has 2 heterocycles. The smallest absolute Gasteiger partial charge is 0.206 e. The summed E-state index contributed by atoms with van der Waals surface area (Å²) >= 11 is 2.92. The minimum Gasteiger partial charge on any atom is -0.206 e. The topological polar surface area (TPSA) is 62.3 Å². The Bertz CT molecular complexity index is 982. The number of thiophene rings is 1. The Morgan fingerprint density at radius 1 is 0.692 bits per heavy atom. The molecule has 4 aromatic rings. The van der Waals surface area contributed by atoms with E-state index in [4.69, 9.17) is 15.7 Å². The number of aromatic nitrogens is 1. The first-order chi connectivity index (χ1) is 12.7. The molecular formula is C17H9B2N5S2. The van der Waals surface area contributed by atoms with E-state index in [0.717, 1.165) is 25.9 Å². The lowest BCUT2D eigenvalue weighted by Gasteiger charge is -1.92. The number of benzene rings is 2. The molecule has 0 spiro atoms. The highest BCUT2D eigenvalue weighted by molar-refractivity contribution is 7.30. The standard InChI is InChI=1S/C17H9B2N5S2/c18-10-1-5-12(6-2-10)21-23-15-9-14-16(26-15)20-17(25-14)24-22-13-7-3-11(19)4-8-13/h1-9H. The zero-order valence-corrected chi connectivity index (χ0v) is 15.0. The summed E-state index contributed by atoms with van der Waals surface area (Å²) in [4.78, 5) is 5.33. The first-order valence-electron chi connectivity index (χ1n) is 7.61. The summed E-state index contributed by atoms with van der Waals surface area (Å²) in [5.74, 6) is 0. The van der Waals surface area contributed by atoms with Crippen LogP contribution in [-0.2, 0) is 0 Å². The van der Waals surface area contributed by atoms with Crippen molar-refractivity contribution < 1.29 is 0 Å². The number of rotatable bonds is 4. The maximum absolute atomic E-state index is 5.65. The van der Waals surface area contributed by atoms with Gasteiger partial charge in [-0.05, 0) is 30.3 Å². The second-order valence-corrected chi connectivity index (χ2v) is 7.35. The Balaban J connectivity index is 1.50. The van der Waals surface area contributed by atoms with Crippen LogP contribution in [0.5, 0.6) is 0 Å². The average molecular weight is 369 g/mol. The Hall–Kier alpha value is -2.64. The molecule has 0 fully saturated rings. The Labute approximate surface area is 160 Å². The van der Waals surface area contributed by atoms with Gasteiger partial charge in [0.05, 0.1) is 16.1 Å². The maximum atomic E-state index is 5.65. The number of hydrogen-bond acceptors (Lipinski definition) is 7. The van der Waals surface area contributed by atoms with Gasteiger partial charge in [0.25, 0.3) is 0 Å². The first-order valence-corrected chi connectivity index (χ1v) is 9.24. The molecule has 26 heavy (non-hydrogen) atoms. The molecule has 120 valence electrons. The van der Waals surface area contributed by atoms with Crippen molar-refractivity contribution in [1.82, 2.24) is 4.98 Å². The number of thiazole rings is 1. The predicted molar refractivity (Wildman–Crippen MR) is 110 cm³/mol. The van der Waals surface area contributed by atoms with Gasteiger partial charge in [0.2, 0.25) is 5.13 Å². The third kappa shape index (κ3) is 3.95. The van der Waals surface area contributed by atoms with Crippen LogP contribution in [0.3, 0.4) is 0 Å². The molecule has 0 aliphatic rings. The van der Waals surface area contributed by atoms with Crippen LogP contribution < -0.4 is 10.9 Å². The van der Waals surface area contributed by atoms with Gasteiger partial charge in [0, 0.05) is 0 Å². The van der Waals surface area contributed by atoms with Crippen LogP contribution in [0.15, 0.2) is 75.1 Å². The van der Waals surface area contributed by atoms with E-state index in [2.05, 4.69) is 25.4 Å². The molecule has 0 saturated carbocycles. The van der Waals surface area contributed by atoms with Crippen LogP contribution in [0, 0.1) is 0 Å². The summed E-state index contributed by atoms with van der Waals surface area (Å²) < 4.78 is 1.01. The number of azo groups is 2. The second-order valence-electron chi connectivity index (χ2n) is 5.33. The first kappa shape index (κ1) is 16.8. The molecule has 0 aliphatic carbocycles. The number of fused-ring (bicyclic) bond motifs is 1. The minimum absolute atomic E-state index is 0.602. The molecule has 0 bridgehead atoms. The van der Waals surface area contributed by atoms with Crippen molar-refractivity contribution in [3.8, 4) is 0 Å². The van der Waals surface area contributed by atoms with E-state index in [1.807, 2.05) is 30.3 Å². The van der Waals surface area contributed by atoms with Crippen LogP contribution in [-0.4, -0.2) is 20.7 Å². The molecule has 0 aliphatic heterocycles.